The Kier molecular flexibility index (Phi) is 3.61. The third-order valence-electron chi connectivity index (χ3n) is 1.64. The largest absolute Gasteiger partial charge is 0.0899 e. The van der Waals surface area contributed by atoms with E-state index in [0.717, 1.165) is 5.56 Å². The van der Waals surface area contributed by atoms with E-state index in [1.54, 1.807) is 0 Å². The van der Waals surface area contributed by atoms with E-state index in [2.05, 4.69) is 10.0 Å². The number of hydrogen-bond donors (Lipinski definition) is 0. The Labute approximate surface area is 77.3 Å². The second-order valence-corrected chi connectivity index (χ2v) is 2.73. The Morgan fingerprint density at radius 1 is 1.38 bits per heavy atom. The highest BCUT2D eigenvalue weighted by molar-refractivity contribution is 5.49. The molecule has 0 aromatic heterocycles. The highest BCUT2D eigenvalue weighted by Crippen LogP contribution is 2.04. The van der Waals surface area contributed by atoms with Crippen molar-refractivity contribution in [3.8, 4) is 0 Å². The maximum Gasteiger partial charge on any atom is 0.0443 e. The number of benzene rings is 1. The van der Waals surface area contributed by atoms with Crippen LogP contribution in [0, 0.1) is 6.92 Å². The summed E-state index contributed by atoms with van der Waals surface area (Å²) in [5.41, 5.74) is 10.4. The maximum absolute atomic E-state index is 8.02. The van der Waals surface area contributed by atoms with Crippen LogP contribution in [0.15, 0.2) is 35.5 Å². The van der Waals surface area contributed by atoms with Gasteiger partial charge in [0, 0.05) is 11.5 Å². The lowest BCUT2D eigenvalue weighted by Gasteiger charge is -1.93. The van der Waals surface area contributed by atoms with Crippen molar-refractivity contribution in [3.63, 3.8) is 0 Å². The molecule has 0 fully saturated rings. The lowest BCUT2D eigenvalue weighted by molar-refractivity contribution is 1.22. The van der Waals surface area contributed by atoms with Gasteiger partial charge in [-0.2, -0.15) is 0 Å². The molecule has 0 aliphatic carbocycles. The normalized spacial score (nSPS) is 9.92. The van der Waals surface area contributed by atoms with Gasteiger partial charge in [0.25, 0.3) is 0 Å². The molecule has 1 aromatic carbocycles. The summed E-state index contributed by atoms with van der Waals surface area (Å²) in [6, 6.07) is 8.16. The van der Waals surface area contributed by atoms with Crippen molar-refractivity contribution in [2.24, 2.45) is 5.11 Å². The zero-order valence-electron chi connectivity index (χ0n) is 7.51. The molecule has 0 unspecified atom stereocenters. The van der Waals surface area contributed by atoms with Crippen LogP contribution in [-0.2, 0) is 0 Å². The molecule has 1 aromatic rings. The van der Waals surface area contributed by atoms with E-state index in [-0.39, 0.29) is 0 Å². The first-order valence-corrected chi connectivity index (χ1v) is 4.07. The van der Waals surface area contributed by atoms with Crippen LogP contribution in [-0.4, -0.2) is 6.54 Å². The van der Waals surface area contributed by atoms with Crippen LogP contribution in [0.25, 0.3) is 16.5 Å². The van der Waals surface area contributed by atoms with Crippen LogP contribution in [0.5, 0.6) is 0 Å². The molecule has 0 amide bonds. The molecule has 0 heterocycles. The van der Waals surface area contributed by atoms with Crippen LogP contribution in [0.2, 0.25) is 0 Å². The quantitative estimate of drug-likeness (QED) is 0.382. The third-order valence-corrected chi connectivity index (χ3v) is 1.64. The van der Waals surface area contributed by atoms with Crippen LogP contribution < -0.4 is 0 Å². The van der Waals surface area contributed by atoms with Gasteiger partial charge in [0.05, 0.1) is 0 Å². The lowest BCUT2D eigenvalue weighted by Crippen LogP contribution is -1.74. The van der Waals surface area contributed by atoms with Gasteiger partial charge < -0.3 is 0 Å². The number of azide groups is 1. The van der Waals surface area contributed by atoms with Gasteiger partial charge in [-0.05, 0) is 18.0 Å². The van der Waals surface area contributed by atoms with E-state index in [1.807, 2.05) is 43.3 Å². The minimum Gasteiger partial charge on any atom is -0.0899 e. The van der Waals surface area contributed by atoms with Crippen LogP contribution in [0.3, 0.4) is 0 Å². The fourth-order valence-electron chi connectivity index (χ4n) is 0.950. The van der Waals surface area contributed by atoms with Gasteiger partial charge >= 0.3 is 0 Å². The minimum absolute atomic E-state index is 0.407. The summed E-state index contributed by atoms with van der Waals surface area (Å²) in [6.45, 7) is 2.46. The summed E-state index contributed by atoms with van der Waals surface area (Å²) in [4.78, 5) is 2.65. The Hall–Kier alpha value is -1.73. The second-order valence-electron chi connectivity index (χ2n) is 2.73. The van der Waals surface area contributed by atoms with E-state index < -0.39 is 0 Å². The summed E-state index contributed by atoms with van der Waals surface area (Å²) in [7, 11) is 0. The van der Waals surface area contributed by atoms with E-state index in [0.29, 0.717) is 6.54 Å². The molecule has 0 bridgehead atoms. The molecule has 0 aliphatic rings. The summed E-state index contributed by atoms with van der Waals surface area (Å²) >= 11 is 0. The molecule has 3 heteroatoms. The number of aryl methyl sites for hydroxylation is 1. The van der Waals surface area contributed by atoms with Crippen molar-refractivity contribution in [2.45, 2.75) is 6.92 Å². The van der Waals surface area contributed by atoms with Crippen LogP contribution >= 0.6 is 0 Å². The standard InChI is InChI=1S/C10H11N3/c1-9-4-6-10(7-5-9)3-2-8-12-13-11/h2-7H,8H2,1H3. The van der Waals surface area contributed by atoms with Crippen molar-refractivity contribution in [1.82, 2.24) is 0 Å². The monoisotopic (exact) mass is 173 g/mol. The van der Waals surface area contributed by atoms with Gasteiger partial charge in [-0.1, -0.05) is 47.1 Å². The van der Waals surface area contributed by atoms with Crippen molar-refractivity contribution in [3.05, 3.63) is 51.9 Å². The average Bonchev–Trinajstić information content (AvgIpc) is 2.15. The second kappa shape index (κ2) is 5.01. The van der Waals surface area contributed by atoms with Gasteiger partial charge in [-0.15, -0.1) is 0 Å². The van der Waals surface area contributed by atoms with Crippen molar-refractivity contribution >= 4 is 6.08 Å². The highest BCUT2D eigenvalue weighted by Gasteiger charge is 1.84. The molecule has 0 saturated heterocycles. The van der Waals surface area contributed by atoms with E-state index in [4.69, 9.17) is 5.53 Å². The molecule has 0 radical (unpaired) electrons. The van der Waals surface area contributed by atoms with Crippen molar-refractivity contribution in [1.29, 1.82) is 0 Å². The molecule has 0 saturated carbocycles. The maximum atomic E-state index is 8.02. The number of hydrogen-bond acceptors (Lipinski definition) is 1. The van der Waals surface area contributed by atoms with Crippen LogP contribution in [0.4, 0.5) is 0 Å². The molecule has 0 aliphatic heterocycles. The Balaban J connectivity index is 2.58. The first-order chi connectivity index (χ1) is 6.33. The summed E-state index contributed by atoms with van der Waals surface area (Å²) < 4.78 is 0. The average molecular weight is 173 g/mol. The van der Waals surface area contributed by atoms with Crippen molar-refractivity contribution < 1.29 is 0 Å². The SMILES string of the molecule is Cc1ccc(C=CCN=[N+]=[N-])cc1. The third kappa shape index (κ3) is 3.45. The number of rotatable bonds is 3. The first kappa shape index (κ1) is 9.36. The highest BCUT2D eigenvalue weighted by atomic mass is 15.1. The fraction of sp³-hybridized carbons (Fsp3) is 0.200. The van der Waals surface area contributed by atoms with Gasteiger partial charge in [-0.3, -0.25) is 0 Å². The smallest absolute Gasteiger partial charge is 0.0443 e. The van der Waals surface area contributed by atoms with Gasteiger partial charge in [0.1, 0.15) is 0 Å². The predicted molar refractivity (Wildman–Crippen MR) is 54.2 cm³/mol. The Morgan fingerprint density at radius 2 is 2.08 bits per heavy atom. The molecule has 13 heavy (non-hydrogen) atoms. The topological polar surface area (TPSA) is 48.8 Å². The summed E-state index contributed by atoms with van der Waals surface area (Å²) in [5, 5.41) is 3.40. The van der Waals surface area contributed by atoms with E-state index in [1.165, 1.54) is 5.56 Å². The molecular weight excluding hydrogens is 162 g/mol. The van der Waals surface area contributed by atoms with Crippen molar-refractivity contribution in [2.75, 3.05) is 6.54 Å². The molecule has 66 valence electrons. The molecular formula is C10H11N3. The summed E-state index contributed by atoms with van der Waals surface area (Å²) in [5.74, 6) is 0. The summed E-state index contributed by atoms with van der Waals surface area (Å²) in [6.07, 6.45) is 3.78. The van der Waals surface area contributed by atoms with E-state index >= 15 is 0 Å². The Morgan fingerprint density at radius 3 is 2.69 bits per heavy atom. The number of nitrogens with zero attached hydrogens (tertiary/aromatic N) is 3. The zero-order chi connectivity index (χ0) is 9.52. The molecule has 0 atom stereocenters. The van der Waals surface area contributed by atoms with Gasteiger partial charge in [0.15, 0.2) is 0 Å². The fourth-order valence-corrected chi connectivity index (χ4v) is 0.950. The van der Waals surface area contributed by atoms with E-state index in [9.17, 15) is 0 Å². The Bertz CT molecular complexity index is 332. The zero-order valence-corrected chi connectivity index (χ0v) is 7.51. The first-order valence-electron chi connectivity index (χ1n) is 4.07. The van der Waals surface area contributed by atoms with Gasteiger partial charge in [0.2, 0.25) is 0 Å². The predicted octanol–water partition coefficient (Wildman–Crippen LogP) is 3.32. The van der Waals surface area contributed by atoms with Gasteiger partial charge in [-0.25, -0.2) is 0 Å². The lowest BCUT2D eigenvalue weighted by atomic mass is 10.1. The molecule has 3 nitrogen and oxygen atoms in total. The minimum atomic E-state index is 0.407. The van der Waals surface area contributed by atoms with Crippen LogP contribution in [0.1, 0.15) is 11.1 Å². The molecule has 1 rings (SSSR count). The molecule has 0 spiro atoms. The molecule has 0 N–H and O–H groups in total.